The molecule has 3 N–H and O–H groups in total. The van der Waals surface area contributed by atoms with Gasteiger partial charge in [0.2, 0.25) is 0 Å². The second-order valence-electron chi connectivity index (χ2n) is 6.03. The van der Waals surface area contributed by atoms with Gasteiger partial charge in [-0.15, -0.1) is 0 Å². The molecule has 1 atom stereocenters. The van der Waals surface area contributed by atoms with Crippen molar-refractivity contribution in [3.05, 3.63) is 35.4 Å². The highest BCUT2D eigenvalue weighted by Crippen LogP contribution is 2.29. The Balaban J connectivity index is 2.56. The monoisotopic (exact) mass is 277 g/mol. The molecule has 0 fully saturated rings. The summed E-state index contributed by atoms with van der Waals surface area (Å²) in [4.78, 5) is 0. The highest BCUT2D eigenvalue weighted by molar-refractivity contribution is 5.29. The van der Waals surface area contributed by atoms with Crippen LogP contribution < -0.4 is 5.73 Å². The van der Waals surface area contributed by atoms with Crippen molar-refractivity contribution in [1.29, 1.82) is 0 Å². The number of hydrogen-bond donors (Lipinski definition) is 2. The molecule has 0 bridgehead atoms. The van der Waals surface area contributed by atoms with Gasteiger partial charge in [-0.25, -0.2) is 0 Å². The minimum absolute atomic E-state index is 0.140. The Labute approximate surface area is 124 Å². The average Bonchev–Trinajstić information content (AvgIpc) is 2.48. The maximum absolute atomic E-state index is 9.86. The lowest BCUT2D eigenvalue weighted by Crippen LogP contribution is -2.38. The third-order valence-electron chi connectivity index (χ3n) is 4.37. The second-order valence-corrected chi connectivity index (χ2v) is 6.03. The van der Waals surface area contributed by atoms with E-state index >= 15 is 0 Å². The van der Waals surface area contributed by atoms with Crippen LogP contribution in [0.15, 0.2) is 24.3 Å². The molecule has 0 saturated carbocycles. The predicted molar refractivity (Wildman–Crippen MR) is 87.0 cm³/mol. The van der Waals surface area contributed by atoms with Gasteiger partial charge in [-0.1, -0.05) is 75.3 Å². The van der Waals surface area contributed by atoms with E-state index < -0.39 is 0 Å². The zero-order valence-corrected chi connectivity index (χ0v) is 13.2. The fraction of sp³-hybridized carbons (Fsp3) is 0.667. The molecule has 1 rings (SSSR count). The molecule has 114 valence electrons. The Morgan fingerprint density at radius 1 is 1.00 bits per heavy atom. The van der Waals surface area contributed by atoms with Crippen LogP contribution in [-0.4, -0.2) is 18.3 Å². The summed E-state index contributed by atoms with van der Waals surface area (Å²) in [6.45, 7) is 4.98. The van der Waals surface area contributed by atoms with E-state index in [1.807, 2.05) is 0 Å². The van der Waals surface area contributed by atoms with Gasteiger partial charge in [0, 0.05) is 12.0 Å². The van der Waals surface area contributed by atoms with Crippen molar-refractivity contribution < 1.29 is 5.11 Å². The van der Waals surface area contributed by atoms with E-state index in [1.165, 1.54) is 43.2 Å². The summed E-state index contributed by atoms with van der Waals surface area (Å²) < 4.78 is 0. The summed E-state index contributed by atoms with van der Waals surface area (Å²) in [5.74, 6) is 0. The van der Waals surface area contributed by atoms with E-state index in [-0.39, 0.29) is 12.0 Å². The first-order chi connectivity index (χ1) is 9.68. The lowest BCUT2D eigenvalue weighted by molar-refractivity contribution is 0.184. The molecule has 0 aliphatic rings. The van der Waals surface area contributed by atoms with Crippen LogP contribution in [0.25, 0.3) is 0 Å². The number of rotatable bonds is 10. The fourth-order valence-electron chi connectivity index (χ4n) is 2.75. The van der Waals surface area contributed by atoms with Gasteiger partial charge in [0.1, 0.15) is 0 Å². The molecular formula is C18H31NO. The molecule has 1 unspecified atom stereocenters. The number of nitrogens with two attached hydrogens (primary N) is 1. The molecule has 0 heterocycles. The highest BCUT2D eigenvalue weighted by atomic mass is 16.3. The predicted octanol–water partition coefficient (Wildman–Crippen LogP) is 3.93. The number of aryl methyl sites for hydroxylation is 1. The molecule has 2 nitrogen and oxygen atoms in total. The smallest absolute Gasteiger partial charge is 0.0540 e. The van der Waals surface area contributed by atoms with Crippen molar-refractivity contribution in [2.75, 3.05) is 13.2 Å². The molecule has 0 saturated heterocycles. The first-order valence-electron chi connectivity index (χ1n) is 8.06. The molecule has 0 amide bonds. The third kappa shape index (κ3) is 4.92. The van der Waals surface area contributed by atoms with E-state index in [0.29, 0.717) is 6.54 Å². The van der Waals surface area contributed by atoms with Gasteiger partial charge in [-0.05, 0) is 18.9 Å². The lowest BCUT2D eigenvalue weighted by Gasteiger charge is -2.31. The van der Waals surface area contributed by atoms with Crippen LogP contribution in [0.2, 0.25) is 0 Å². The summed E-state index contributed by atoms with van der Waals surface area (Å²) in [7, 11) is 0. The minimum Gasteiger partial charge on any atom is -0.395 e. The van der Waals surface area contributed by atoms with E-state index in [1.54, 1.807) is 0 Å². The van der Waals surface area contributed by atoms with Gasteiger partial charge >= 0.3 is 0 Å². The van der Waals surface area contributed by atoms with Crippen LogP contribution in [0.3, 0.4) is 0 Å². The molecule has 1 aromatic rings. The quantitative estimate of drug-likeness (QED) is 0.636. The Bertz CT molecular complexity index is 354. The summed E-state index contributed by atoms with van der Waals surface area (Å²) in [5, 5.41) is 9.86. The van der Waals surface area contributed by atoms with Crippen LogP contribution >= 0.6 is 0 Å². The van der Waals surface area contributed by atoms with Gasteiger partial charge in [-0.2, -0.15) is 0 Å². The van der Waals surface area contributed by atoms with Crippen LogP contribution in [0.4, 0.5) is 0 Å². The minimum atomic E-state index is -0.252. The molecule has 0 radical (unpaired) electrons. The molecule has 0 aromatic heterocycles. The van der Waals surface area contributed by atoms with Gasteiger partial charge in [0.25, 0.3) is 0 Å². The molecule has 20 heavy (non-hydrogen) atoms. The summed E-state index contributed by atoms with van der Waals surface area (Å²) in [5.41, 5.74) is 8.17. The van der Waals surface area contributed by atoms with Gasteiger partial charge in [0.05, 0.1) is 6.61 Å². The van der Waals surface area contributed by atoms with Gasteiger partial charge in [0.15, 0.2) is 0 Å². The SMILES string of the molecule is CCCCCCCCC(CN)(CO)c1ccc(C)cc1. The number of hydrogen-bond acceptors (Lipinski definition) is 2. The van der Waals surface area contributed by atoms with Crippen LogP contribution in [0.5, 0.6) is 0 Å². The van der Waals surface area contributed by atoms with Crippen LogP contribution in [0.1, 0.15) is 63.0 Å². The second kappa shape index (κ2) is 9.15. The zero-order chi connectivity index (χ0) is 14.8. The Kier molecular flexibility index (Phi) is 7.86. The van der Waals surface area contributed by atoms with Crippen LogP contribution in [-0.2, 0) is 5.41 Å². The van der Waals surface area contributed by atoms with Crippen molar-refractivity contribution in [2.24, 2.45) is 5.73 Å². The average molecular weight is 277 g/mol. The molecule has 2 heteroatoms. The highest BCUT2D eigenvalue weighted by Gasteiger charge is 2.29. The van der Waals surface area contributed by atoms with Crippen molar-refractivity contribution in [1.82, 2.24) is 0 Å². The number of aliphatic hydroxyl groups is 1. The van der Waals surface area contributed by atoms with Gasteiger partial charge in [-0.3, -0.25) is 0 Å². The van der Waals surface area contributed by atoms with E-state index in [2.05, 4.69) is 38.1 Å². The molecule has 1 aromatic carbocycles. The fourth-order valence-corrected chi connectivity index (χ4v) is 2.75. The largest absolute Gasteiger partial charge is 0.395 e. The van der Waals surface area contributed by atoms with E-state index in [9.17, 15) is 5.11 Å². The van der Waals surface area contributed by atoms with Crippen molar-refractivity contribution in [3.63, 3.8) is 0 Å². The molecule has 0 aliphatic carbocycles. The maximum Gasteiger partial charge on any atom is 0.0540 e. The van der Waals surface area contributed by atoms with Crippen molar-refractivity contribution >= 4 is 0 Å². The van der Waals surface area contributed by atoms with Gasteiger partial charge < -0.3 is 10.8 Å². The van der Waals surface area contributed by atoms with E-state index in [0.717, 1.165) is 12.8 Å². The first-order valence-corrected chi connectivity index (χ1v) is 8.06. The summed E-state index contributed by atoms with van der Waals surface area (Å²) >= 11 is 0. The number of benzene rings is 1. The molecular weight excluding hydrogens is 246 g/mol. The lowest BCUT2D eigenvalue weighted by atomic mass is 9.76. The Morgan fingerprint density at radius 3 is 2.15 bits per heavy atom. The first kappa shape index (κ1) is 17.2. The number of aliphatic hydroxyl groups excluding tert-OH is 1. The molecule has 0 aliphatic heterocycles. The third-order valence-corrected chi connectivity index (χ3v) is 4.37. The number of unbranched alkanes of at least 4 members (excludes halogenated alkanes) is 5. The molecule has 0 spiro atoms. The van der Waals surface area contributed by atoms with Crippen molar-refractivity contribution in [2.45, 2.75) is 64.2 Å². The van der Waals surface area contributed by atoms with E-state index in [4.69, 9.17) is 5.73 Å². The maximum atomic E-state index is 9.86. The Hall–Kier alpha value is -0.860. The topological polar surface area (TPSA) is 46.2 Å². The van der Waals surface area contributed by atoms with Crippen LogP contribution in [0, 0.1) is 6.92 Å². The summed E-state index contributed by atoms with van der Waals surface area (Å²) in [6, 6.07) is 8.46. The van der Waals surface area contributed by atoms with Crippen molar-refractivity contribution in [3.8, 4) is 0 Å². The summed E-state index contributed by atoms with van der Waals surface area (Å²) in [6.07, 6.45) is 8.62. The standard InChI is InChI=1S/C18H31NO/c1-3-4-5-6-7-8-13-18(14-19,15-20)17-11-9-16(2)10-12-17/h9-12,20H,3-8,13-15,19H2,1-2H3. The zero-order valence-electron chi connectivity index (χ0n) is 13.2. The normalized spacial score (nSPS) is 14.2. The Morgan fingerprint density at radius 2 is 1.60 bits per heavy atom.